The predicted octanol–water partition coefficient (Wildman–Crippen LogP) is 2.97. The molecule has 1 aliphatic carbocycles. The van der Waals surface area contributed by atoms with Gasteiger partial charge in [0, 0.05) is 25.8 Å². The first-order valence-corrected chi connectivity index (χ1v) is 7.82. The lowest BCUT2D eigenvalue weighted by atomic mass is 9.95. The van der Waals surface area contributed by atoms with E-state index in [1.54, 1.807) is 0 Å². The van der Waals surface area contributed by atoms with Crippen molar-refractivity contribution in [2.45, 2.75) is 18.3 Å². The van der Waals surface area contributed by atoms with Crippen LogP contribution in [0.5, 0.6) is 0 Å². The molecule has 0 bridgehead atoms. The SMILES string of the molecule is CN(CCNC(=O)C1(c2ccccc2)CC1)c1ccccc1. The summed E-state index contributed by atoms with van der Waals surface area (Å²) in [6, 6.07) is 20.3. The minimum Gasteiger partial charge on any atom is -0.373 e. The number of benzene rings is 2. The van der Waals surface area contributed by atoms with Crippen LogP contribution in [0.4, 0.5) is 5.69 Å². The second kappa shape index (κ2) is 6.22. The van der Waals surface area contributed by atoms with E-state index in [4.69, 9.17) is 0 Å². The molecule has 114 valence electrons. The molecule has 0 aliphatic heterocycles. The molecule has 2 aromatic carbocycles. The number of anilines is 1. The third-order valence-electron chi connectivity index (χ3n) is 4.44. The van der Waals surface area contributed by atoms with Crippen molar-refractivity contribution in [1.82, 2.24) is 5.32 Å². The van der Waals surface area contributed by atoms with E-state index in [0.717, 1.165) is 24.9 Å². The Morgan fingerprint density at radius 3 is 2.23 bits per heavy atom. The summed E-state index contributed by atoms with van der Waals surface area (Å²) in [6.45, 7) is 1.47. The molecule has 1 amide bonds. The first kappa shape index (κ1) is 14.6. The number of rotatable bonds is 6. The van der Waals surface area contributed by atoms with Crippen molar-refractivity contribution in [3.8, 4) is 0 Å². The zero-order valence-electron chi connectivity index (χ0n) is 13.0. The second-order valence-electron chi connectivity index (χ2n) is 5.96. The van der Waals surface area contributed by atoms with E-state index in [1.807, 2.05) is 43.4 Å². The Kier molecular flexibility index (Phi) is 4.14. The van der Waals surface area contributed by atoms with Gasteiger partial charge in [-0.3, -0.25) is 4.79 Å². The Bertz CT molecular complexity index is 620. The van der Waals surface area contributed by atoms with Gasteiger partial charge in [-0.2, -0.15) is 0 Å². The predicted molar refractivity (Wildman–Crippen MR) is 90.1 cm³/mol. The maximum atomic E-state index is 12.5. The van der Waals surface area contributed by atoms with Crippen LogP contribution in [-0.2, 0) is 10.2 Å². The molecule has 3 heteroatoms. The number of nitrogens with zero attached hydrogens (tertiary/aromatic N) is 1. The molecule has 1 aliphatic rings. The standard InChI is InChI=1S/C19H22N2O/c1-21(17-10-6-3-7-11-17)15-14-20-18(22)19(12-13-19)16-8-4-2-5-9-16/h2-11H,12-15H2,1H3,(H,20,22). The summed E-state index contributed by atoms with van der Waals surface area (Å²) in [5.74, 6) is 0.167. The maximum absolute atomic E-state index is 12.5. The largest absolute Gasteiger partial charge is 0.373 e. The Balaban J connectivity index is 1.53. The monoisotopic (exact) mass is 294 g/mol. The van der Waals surface area contributed by atoms with E-state index in [-0.39, 0.29) is 11.3 Å². The fourth-order valence-corrected chi connectivity index (χ4v) is 2.85. The van der Waals surface area contributed by atoms with E-state index < -0.39 is 0 Å². The van der Waals surface area contributed by atoms with E-state index in [2.05, 4.69) is 34.5 Å². The molecule has 3 rings (SSSR count). The van der Waals surface area contributed by atoms with Crippen LogP contribution in [0.15, 0.2) is 60.7 Å². The Morgan fingerprint density at radius 2 is 1.64 bits per heavy atom. The molecule has 0 aromatic heterocycles. The quantitative estimate of drug-likeness (QED) is 0.888. The number of amides is 1. The van der Waals surface area contributed by atoms with E-state index in [9.17, 15) is 4.79 Å². The normalized spacial score (nSPS) is 15.1. The van der Waals surface area contributed by atoms with Gasteiger partial charge in [0.2, 0.25) is 5.91 Å². The number of carbonyl (C=O) groups excluding carboxylic acids is 1. The number of carbonyl (C=O) groups is 1. The summed E-state index contributed by atoms with van der Waals surface area (Å²) >= 11 is 0. The van der Waals surface area contributed by atoms with Crippen LogP contribution in [-0.4, -0.2) is 26.0 Å². The molecule has 0 heterocycles. The molecule has 2 aromatic rings. The zero-order chi connectivity index (χ0) is 15.4. The van der Waals surface area contributed by atoms with Crippen LogP contribution < -0.4 is 10.2 Å². The van der Waals surface area contributed by atoms with Crippen molar-refractivity contribution in [3.63, 3.8) is 0 Å². The molecule has 0 atom stereocenters. The molecule has 1 fully saturated rings. The molecule has 0 radical (unpaired) electrons. The van der Waals surface area contributed by atoms with Crippen molar-refractivity contribution in [3.05, 3.63) is 66.2 Å². The lowest BCUT2D eigenvalue weighted by Crippen LogP contribution is -2.39. The number of para-hydroxylation sites is 1. The molecule has 22 heavy (non-hydrogen) atoms. The number of hydrogen-bond donors (Lipinski definition) is 1. The van der Waals surface area contributed by atoms with Crippen molar-refractivity contribution < 1.29 is 4.79 Å². The first-order valence-electron chi connectivity index (χ1n) is 7.82. The van der Waals surface area contributed by atoms with Crippen molar-refractivity contribution in [1.29, 1.82) is 0 Å². The van der Waals surface area contributed by atoms with E-state index in [0.29, 0.717) is 6.54 Å². The fourth-order valence-electron chi connectivity index (χ4n) is 2.85. The van der Waals surface area contributed by atoms with Gasteiger partial charge in [-0.1, -0.05) is 48.5 Å². The van der Waals surface area contributed by atoms with Crippen molar-refractivity contribution >= 4 is 11.6 Å². The lowest BCUT2D eigenvalue weighted by molar-refractivity contribution is -0.123. The van der Waals surface area contributed by atoms with Gasteiger partial charge in [0.05, 0.1) is 5.41 Å². The van der Waals surface area contributed by atoms with Crippen LogP contribution in [0.2, 0.25) is 0 Å². The van der Waals surface area contributed by atoms with E-state index >= 15 is 0 Å². The van der Waals surface area contributed by atoms with Gasteiger partial charge in [-0.25, -0.2) is 0 Å². The smallest absolute Gasteiger partial charge is 0.230 e. The summed E-state index contributed by atoms with van der Waals surface area (Å²) in [4.78, 5) is 14.7. The summed E-state index contributed by atoms with van der Waals surface area (Å²) in [7, 11) is 2.05. The molecule has 0 spiro atoms. The Labute approximate surface area is 132 Å². The topological polar surface area (TPSA) is 32.3 Å². The third-order valence-corrected chi connectivity index (χ3v) is 4.44. The highest BCUT2D eigenvalue weighted by atomic mass is 16.2. The van der Waals surface area contributed by atoms with Crippen LogP contribution in [0.3, 0.4) is 0 Å². The van der Waals surface area contributed by atoms with Gasteiger partial charge in [-0.05, 0) is 30.5 Å². The van der Waals surface area contributed by atoms with Gasteiger partial charge in [0.25, 0.3) is 0 Å². The molecule has 1 saturated carbocycles. The summed E-state index contributed by atoms with van der Waals surface area (Å²) in [6.07, 6.45) is 1.91. The number of hydrogen-bond acceptors (Lipinski definition) is 2. The second-order valence-corrected chi connectivity index (χ2v) is 5.96. The number of nitrogens with one attached hydrogen (secondary N) is 1. The van der Waals surface area contributed by atoms with Crippen molar-refractivity contribution in [2.24, 2.45) is 0 Å². The van der Waals surface area contributed by atoms with Gasteiger partial charge in [-0.15, -0.1) is 0 Å². The third kappa shape index (κ3) is 2.98. The molecular weight excluding hydrogens is 272 g/mol. The molecule has 3 nitrogen and oxygen atoms in total. The van der Waals surface area contributed by atoms with Gasteiger partial charge in [0.1, 0.15) is 0 Å². The minimum absolute atomic E-state index is 0.167. The average Bonchev–Trinajstić information content (AvgIpc) is 3.38. The van der Waals surface area contributed by atoms with Crippen molar-refractivity contribution in [2.75, 3.05) is 25.0 Å². The zero-order valence-corrected chi connectivity index (χ0v) is 13.0. The van der Waals surface area contributed by atoms with Crippen LogP contribution in [0.25, 0.3) is 0 Å². The Morgan fingerprint density at radius 1 is 1.05 bits per heavy atom. The highest BCUT2D eigenvalue weighted by molar-refractivity contribution is 5.91. The van der Waals surface area contributed by atoms with Crippen LogP contribution in [0.1, 0.15) is 18.4 Å². The van der Waals surface area contributed by atoms with E-state index in [1.165, 1.54) is 5.69 Å². The lowest BCUT2D eigenvalue weighted by Gasteiger charge is -2.21. The summed E-state index contributed by atoms with van der Waals surface area (Å²) in [5, 5.41) is 3.10. The van der Waals surface area contributed by atoms with Gasteiger partial charge in [0.15, 0.2) is 0 Å². The minimum atomic E-state index is -0.271. The summed E-state index contributed by atoms with van der Waals surface area (Å²) in [5.41, 5.74) is 2.04. The summed E-state index contributed by atoms with van der Waals surface area (Å²) < 4.78 is 0. The fraction of sp³-hybridized carbons (Fsp3) is 0.316. The molecule has 1 N–H and O–H groups in total. The first-order chi connectivity index (χ1) is 10.7. The maximum Gasteiger partial charge on any atom is 0.230 e. The average molecular weight is 294 g/mol. The van der Waals surface area contributed by atoms with Gasteiger partial charge >= 0.3 is 0 Å². The van der Waals surface area contributed by atoms with Gasteiger partial charge < -0.3 is 10.2 Å². The van der Waals surface area contributed by atoms with Crippen LogP contribution in [0, 0.1) is 0 Å². The molecule has 0 saturated heterocycles. The number of likely N-dealkylation sites (N-methyl/N-ethyl adjacent to an activating group) is 1. The molecule has 0 unspecified atom stereocenters. The highest BCUT2D eigenvalue weighted by Crippen LogP contribution is 2.48. The van der Waals surface area contributed by atoms with Crippen LogP contribution >= 0.6 is 0 Å². The molecular formula is C19H22N2O. The Hall–Kier alpha value is -2.29. The highest BCUT2D eigenvalue weighted by Gasteiger charge is 2.50.